The summed E-state index contributed by atoms with van der Waals surface area (Å²) < 4.78 is 13.2. The Balaban J connectivity index is 2.09. The molecule has 2 unspecified atom stereocenters. The van der Waals surface area contributed by atoms with Crippen molar-refractivity contribution in [3.05, 3.63) is 34.6 Å². The first-order chi connectivity index (χ1) is 8.59. The van der Waals surface area contributed by atoms with E-state index < -0.39 is 0 Å². The van der Waals surface area contributed by atoms with Crippen LogP contribution in [-0.4, -0.2) is 31.1 Å². The molecule has 0 bridgehead atoms. The van der Waals surface area contributed by atoms with Crippen LogP contribution in [0, 0.1) is 5.82 Å². The maximum absolute atomic E-state index is 13.2. The Bertz CT molecular complexity index is 405. The van der Waals surface area contributed by atoms with E-state index in [0.29, 0.717) is 6.04 Å². The Morgan fingerprint density at radius 1 is 1.50 bits per heavy atom. The summed E-state index contributed by atoms with van der Waals surface area (Å²) in [6.07, 6.45) is 2.43. The average molecular weight is 271 g/mol. The normalized spacial score (nSPS) is 22.2. The SMILES string of the molecule is CC(c1ccc(F)c(Cl)c1)N(C)C1CCCNC1. The molecule has 1 aromatic carbocycles. The topological polar surface area (TPSA) is 15.3 Å². The van der Waals surface area contributed by atoms with Gasteiger partial charge in [0.05, 0.1) is 5.02 Å². The monoisotopic (exact) mass is 270 g/mol. The van der Waals surface area contributed by atoms with Gasteiger partial charge in [-0.1, -0.05) is 17.7 Å². The Morgan fingerprint density at radius 3 is 2.89 bits per heavy atom. The summed E-state index contributed by atoms with van der Waals surface area (Å²) in [5.74, 6) is -0.352. The highest BCUT2D eigenvalue weighted by molar-refractivity contribution is 6.30. The van der Waals surface area contributed by atoms with Crippen molar-refractivity contribution >= 4 is 11.6 Å². The molecule has 1 fully saturated rings. The third kappa shape index (κ3) is 3.02. The minimum Gasteiger partial charge on any atom is -0.315 e. The van der Waals surface area contributed by atoms with Gasteiger partial charge in [-0.3, -0.25) is 4.90 Å². The lowest BCUT2D eigenvalue weighted by atomic mass is 10.0. The van der Waals surface area contributed by atoms with Crippen LogP contribution in [0.2, 0.25) is 5.02 Å². The standard InChI is InChI=1S/C14H20ClFN2/c1-10(11-5-6-14(16)13(15)8-11)18(2)12-4-3-7-17-9-12/h5-6,8,10,12,17H,3-4,7,9H2,1-2H3. The molecular formula is C14H20ClFN2. The molecule has 0 saturated carbocycles. The predicted octanol–water partition coefficient (Wildman–Crippen LogP) is 3.22. The average Bonchev–Trinajstić information content (AvgIpc) is 2.41. The number of hydrogen-bond donors (Lipinski definition) is 1. The van der Waals surface area contributed by atoms with E-state index in [2.05, 4.69) is 24.2 Å². The van der Waals surface area contributed by atoms with Crippen LogP contribution < -0.4 is 5.32 Å². The molecule has 4 heteroatoms. The molecule has 2 nitrogen and oxygen atoms in total. The van der Waals surface area contributed by atoms with Crippen LogP contribution >= 0.6 is 11.6 Å². The van der Waals surface area contributed by atoms with E-state index in [-0.39, 0.29) is 16.9 Å². The third-order valence-corrected chi connectivity index (χ3v) is 4.17. The van der Waals surface area contributed by atoms with Crippen molar-refractivity contribution in [1.29, 1.82) is 0 Å². The minimum atomic E-state index is -0.352. The summed E-state index contributed by atoms with van der Waals surface area (Å²) in [5.41, 5.74) is 1.06. The van der Waals surface area contributed by atoms with Crippen molar-refractivity contribution < 1.29 is 4.39 Å². The molecule has 0 radical (unpaired) electrons. The van der Waals surface area contributed by atoms with Crippen molar-refractivity contribution in [2.24, 2.45) is 0 Å². The quantitative estimate of drug-likeness (QED) is 0.907. The molecule has 1 heterocycles. The lowest BCUT2D eigenvalue weighted by Gasteiger charge is -2.36. The van der Waals surface area contributed by atoms with Gasteiger partial charge in [0.25, 0.3) is 0 Å². The van der Waals surface area contributed by atoms with Gasteiger partial charge in [-0.2, -0.15) is 0 Å². The zero-order chi connectivity index (χ0) is 13.1. The van der Waals surface area contributed by atoms with E-state index in [9.17, 15) is 4.39 Å². The number of piperidine rings is 1. The van der Waals surface area contributed by atoms with Crippen molar-refractivity contribution in [3.8, 4) is 0 Å². The zero-order valence-corrected chi connectivity index (χ0v) is 11.7. The van der Waals surface area contributed by atoms with Crippen LogP contribution in [0.4, 0.5) is 4.39 Å². The fourth-order valence-corrected chi connectivity index (χ4v) is 2.69. The predicted molar refractivity (Wildman–Crippen MR) is 73.5 cm³/mol. The molecule has 1 saturated heterocycles. The van der Waals surface area contributed by atoms with Crippen LogP contribution in [0.1, 0.15) is 31.4 Å². The van der Waals surface area contributed by atoms with Crippen molar-refractivity contribution in [1.82, 2.24) is 10.2 Å². The first-order valence-electron chi connectivity index (χ1n) is 6.47. The molecule has 1 aliphatic rings. The summed E-state index contributed by atoms with van der Waals surface area (Å²) in [6.45, 7) is 4.27. The highest BCUT2D eigenvalue weighted by Crippen LogP contribution is 2.26. The molecule has 0 amide bonds. The lowest BCUT2D eigenvalue weighted by molar-refractivity contribution is 0.156. The van der Waals surface area contributed by atoms with Gasteiger partial charge in [0.2, 0.25) is 0 Å². The highest BCUT2D eigenvalue weighted by Gasteiger charge is 2.22. The number of rotatable bonds is 3. The van der Waals surface area contributed by atoms with Gasteiger partial charge in [-0.15, -0.1) is 0 Å². The molecule has 2 rings (SSSR count). The highest BCUT2D eigenvalue weighted by atomic mass is 35.5. The van der Waals surface area contributed by atoms with E-state index in [4.69, 9.17) is 11.6 Å². The number of halogens is 2. The maximum Gasteiger partial charge on any atom is 0.141 e. The Kier molecular flexibility index (Phi) is 4.60. The maximum atomic E-state index is 13.2. The van der Waals surface area contributed by atoms with Gasteiger partial charge in [0.1, 0.15) is 5.82 Å². The Hall–Kier alpha value is -0.640. The summed E-state index contributed by atoms with van der Waals surface area (Å²) in [7, 11) is 2.12. The molecule has 1 aliphatic heterocycles. The van der Waals surface area contributed by atoms with Crippen molar-refractivity contribution in [3.63, 3.8) is 0 Å². The van der Waals surface area contributed by atoms with Gasteiger partial charge in [-0.05, 0) is 51.1 Å². The fraction of sp³-hybridized carbons (Fsp3) is 0.571. The van der Waals surface area contributed by atoms with E-state index in [0.717, 1.165) is 18.7 Å². The number of likely N-dealkylation sites (N-methyl/N-ethyl adjacent to an activating group) is 1. The summed E-state index contributed by atoms with van der Waals surface area (Å²) >= 11 is 5.84. The van der Waals surface area contributed by atoms with E-state index in [1.54, 1.807) is 6.07 Å². The molecule has 18 heavy (non-hydrogen) atoms. The van der Waals surface area contributed by atoms with Crippen LogP contribution in [-0.2, 0) is 0 Å². The van der Waals surface area contributed by atoms with Gasteiger partial charge >= 0.3 is 0 Å². The van der Waals surface area contributed by atoms with Gasteiger partial charge < -0.3 is 5.32 Å². The number of nitrogens with one attached hydrogen (secondary N) is 1. The molecule has 0 spiro atoms. The van der Waals surface area contributed by atoms with Gasteiger partial charge in [0.15, 0.2) is 0 Å². The van der Waals surface area contributed by atoms with E-state index in [1.165, 1.54) is 18.9 Å². The van der Waals surface area contributed by atoms with Gasteiger partial charge in [0, 0.05) is 18.6 Å². The molecule has 100 valence electrons. The molecule has 0 aliphatic carbocycles. The summed E-state index contributed by atoms with van der Waals surface area (Å²) in [4.78, 5) is 2.34. The number of nitrogens with zero attached hydrogens (tertiary/aromatic N) is 1. The Labute approximate surface area is 113 Å². The molecular weight excluding hydrogens is 251 g/mol. The third-order valence-electron chi connectivity index (χ3n) is 3.88. The lowest BCUT2D eigenvalue weighted by Crippen LogP contribution is -2.45. The van der Waals surface area contributed by atoms with Crippen LogP contribution in [0.25, 0.3) is 0 Å². The first-order valence-corrected chi connectivity index (χ1v) is 6.85. The second kappa shape index (κ2) is 6.00. The molecule has 1 N–H and O–H groups in total. The number of benzene rings is 1. The zero-order valence-electron chi connectivity index (χ0n) is 10.9. The van der Waals surface area contributed by atoms with E-state index in [1.807, 2.05) is 6.07 Å². The largest absolute Gasteiger partial charge is 0.315 e. The smallest absolute Gasteiger partial charge is 0.141 e. The fourth-order valence-electron chi connectivity index (χ4n) is 2.50. The van der Waals surface area contributed by atoms with Crippen LogP contribution in [0.5, 0.6) is 0 Å². The van der Waals surface area contributed by atoms with Crippen LogP contribution in [0.3, 0.4) is 0 Å². The molecule has 2 atom stereocenters. The van der Waals surface area contributed by atoms with Crippen LogP contribution in [0.15, 0.2) is 18.2 Å². The first kappa shape index (κ1) is 13.8. The number of hydrogen-bond acceptors (Lipinski definition) is 2. The Morgan fingerprint density at radius 2 is 2.28 bits per heavy atom. The van der Waals surface area contributed by atoms with E-state index >= 15 is 0 Å². The van der Waals surface area contributed by atoms with Crippen molar-refractivity contribution in [2.45, 2.75) is 31.8 Å². The second-order valence-electron chi connectivity index (χ2n) is 5.02. The minimum absolute atomic E-state index is 0.203. The van der Waals surface area contributed by atoms with Gasteiger partial charge in [-0.25, -0.2) is 4.39 Å². The summed E-state index contributed by atoms with van der Waals surface area (Å²) in [6, 6.07) is 5.78. The summed E-state index contributed by atoms with van der Waals surface area (Å²) in [5, 5.41) is 3.62. The molecule has 1 aromatic rings. The molecule has 0 aromatic heterocycles. The second-order valence-corrected chi connectivity index (χ2v) is 5.42. The van der Waals surface area contributed by atoms with Crippen molar-refractivity contribution in [2.75, 3.05) is 20.1 Å².